The Morgan fingerprint density at radius 1 is 1.19 bits per heavy atom. The Morgan fingerprint density at radius 3 is 2.68 bits per heavy atom. The van der Waals surface area contributed by atoms with Crippen LogP contribution in [0.1, 0.15) is 12.6 Å². The number of rotatable bonds is 7. The van der Waals surface area contributed by atoms with Crippen LogP contribution in [0.25, 0.3) is 11.1 Å². The molecule has 0 unspecified atom stereocenters. The number of anilines is 2. The number of thioether (sulfide) groups is 2. The predicted molar refractivity (Wildman–Crippen MR) is 128 cm³/mol. The van der Waals surface area contributed by atoms with E-state index in [-0.39, 0.29) is 5.91 Å². The molecule has 164 valence electrons. The third-order valence-corrected chi connectivity index (χ3v) is 6.72. The molecule has 1 aliphatic rings. The highest BCUT2D eigenvalue weighted by Crippen LogP contribution is 2.33. The second kappa shape index (κ2) is 9.93. The Balaban J connectivity index is 1.34. The smallest absolute Gasteiger partial charge is 0.256 e. The van der Waals surface area contributed by atoms with Crippen LogP contribution in [-0.4, -0.2) is 65.5 Å². The van der Waals surface area contributed by atoms with E-state index in [9.17, 15) is 4.79 Å². The van der Waals surface area contributed by atoms with Gasteiger partial charge < -0.3 is 14.6 Å². The number of carbonyl (C=O) groups excluding carboxylic acids is 1. The summed E-state index contributed by atoms with van der Waals surface area (Å²) >= 11 is 3.28. The van der Waals surface area contributed by atoms with Crippen molar-refractivity contribution in [1.29, 1.82) is 0 Å². The third kappa shape index (κ3) is 5.34. The van der Waals surface area contributed by atoms with E-state index in [4.69, 9.17) is 4.42 Å². The molecule has 1 fully saturated rings. The zero-order valence-electron chi connectivity index (χ0n) is 18.1. The first-order chi connectivity index (χ1) is 15.0. The quantitative estimate of drug-likeness (QED) is 0.531. The summed E-state index contributed by atoms with van der Waals surface area (Å²) in [5.74, 6) is 0.868. The lowest BCUT2D eigenvalue weighted by Gasteiger charge is -2.37. The number of nitrogens with one attached hydrogen (secondary N) is 1. The fourth-order valence-electron chi connectivity index (χ4n) is 3.70. The van der Waals surface area contributed by atoms with Gasteiger partial charge in [-0.15, -0.1) is 11.8 Å². The highest BCUT2D eigenvalue weighted by molar-refractivity contribution is 7.99. The summed E-state index contributed by atoms with van der Waals surface area (Å²) in [5.41, 5.74) is 4.49. The van der Waals surface area contributed by atoms with Crippen molar-refractivity contribution in [1.82, 2.24) is 14.9 Å². The van der Waals surface area contributed by atoms with Gasteiger partial charge in [-0.3, -0.25) is 9.69 Å². The number of oxazole rings is 1. The first-order valence-corrected chi connectivity index (χ1v) is 12.5. The monoisotopic (exact) mass is 457 g/mol. The summed E-state index contributed by atoms with van der Waals surface area (Å²) in [6.45, 7) is 8.26. The lowest BCUT2D eigenvalue weighted by atomic mass is 10.2. The molecule has 4 rings (SSSR count). The van der Waals surface area contributed by atoms with Crippen molar-refractivity contribution in [3.63, 3.8) is 0 Å². The van der Waals surface area contributed by atoms with E-state index >= 15 is 0 Å². The average molecular weight is 458 g/mol. The van der Waals surface area contributed by atoms with Crippen LogP contribution in [0.3, 0.4) is 0 Å². The minimum absolute atomic E-state index is 0.0714. The SMILES string of the molecule is CSc1cc(N2CCN(CCSc3nc4ccccc4o3)CC2)c(NC(C)=O)c(C)n1. The number of hydrogen-bond acceptors (Lipinski definition) is 8. The van der Waals surface area contributed by atoms with E-state index in [2.05, 4.69) is 31.2 Å². The Kier molecular flexibility index (Phi) is 7.04. The molecule has 7 nitrogen and oxygen atoms in total. The number of carbonyl (C=O) groups is 1. The van der Waals surface area contributed by atoms with Gasteiger partial charge in [-0.2, -0.15) is 0 Å². The number of pyridine rings is 1. The van der Waals surface area contributed by atoms with Crippen molar-refractivity contribution in [3.05, 3.63) is 36.0 Å². The molecule has 1 N–H and O–H groups in total. The standard InChI is InChI=1S/C22H27N5O2S2/c1-15-21(24-16(2)28)18(14-20(23-15)30-3)27-10-8-26(9-11-27)12-13-31-22-25-17-6-4-5-7-19(17)29-22/h4-7,14H,8-13H2,1-3H3,(H,24,28). The molecule has 3 aromatic rings. The topological polar surface area (TPSA) is 74.5 Å². The third-order valence-electron chi connectivity index (χ3n) is 5.29. The Morgan fingerprint density at radius 2 is 1.97 bits per heavy atom. The van der Waals surface area contributed by atoms with Gasteiger partial charge in [0.05, 0.1) is 22.1 Å². The molecule has 0 bridgehead atoms. The fraction of sp³-hybridized carbons (Fsp3) is 0.409. The van der Waals surface area contributed by atoms with Gasteiger partial charge >= 0.3 is 0 Å². The van der Waals surface area contributed by atoms with Crippen LogP contribution in [0, 0.1) is 6.92 Å². The summed E-state index contributed by atoms with van der Waals surface area (Å²) in [4.78, 5) is 25.7. The maximum absolute atomic E-state index is 11.7. The lowest BCUT2D eigenvalue weighted by molar-refractivity contribution is -0.114. The zero-order chi connectivity index (χ0) is 21.8. The molecule has 0 atom stereocenters. The van der Waals surface area contributed by atoms with Crippen molar-refractivity contribution in [3.8, 4) is 0 Å². The number of piperazine rings is 1. The first kappa shape index (κ1) is 22.0. The summed E-state index contributed by atoms with van der Waals surface area (Å²) in [5, 5.41) is 4.68. The molecular weight excluding hydrogens is 430 g/mol. The zero-order valence-corrected chi connectivity index (χ0v) is 19.7. The molecule has 3 heterocycles. The molecule has 0 spiro atoms. The normalized spacial score (nSPS) is 14.9. The number of hydrogen-bond donors (Lipinski definition) is 1. The van der Waals surface area contributed by atoms with E-state index in [0.717, 1.165) is 76.9 Å². The molecule has 1 aliphatic heterocycles. The van der Waals surface area contributed by atoms with Gasteiger partial charge in [0.15, 0.2) is 5.58 Å². The molecule has 0 aliphatic carbocycles. The van der Waals surface area contributed by atoms with Crippen LogP contribution in [0.2, 0.25) is 0 Å². The Hall–Kier alpha value is -2.23. The number of nitrogens with zero attached hydrogens (tertiary/aromatic N) is 4. The predicted octanol–water partition coefficient (Wildman–Crippen LogP) is 4.13. The van der Waals surface area contributed by atoms with Gasteiger partial charge in [0, 0.05) is 45.4 Å². The van der Waals surface area contributed by atoms with Gasteiger partial charge in [0.2, 0.25) is 5.91 Å². The van der Waals surface area contributed by atoms with E-state index < -0.39 is 0 Å². The number of benzene rings is 1. The molecule has 2 aromatic heterocycles. The lowest BCUT2D eigenvalue weighted by Crippen LogP contribution is -2.47. The maximum Gasteiger partial charge on any atom is 0.256 e. The average Bonchev–Trinajstić information content (AvgIpc) is 3.18. The molecule has 9 heteroatoms. The highest BCUT2D eigenvalue weighted by Gasteiger charge is 2.22. The molecule has 0 radical (unpaired) electrons. The fourth-order valence-corrected chi connectivity index (χ4v) is 4.99. The van der Waals surface area contributed by atoms with Crippen molar-refractivity contribution >= 4 is 51.9 Å². The summed E-state index contributed by atoms with van der Waals surface area (Å²) in [7, 11) is 0. The van der Waals surface area contributed by atoms with Crippen molar-refractivity contribution < 1.29 is 9.21 Å². The summed E-state index contributed by atoms with van der Waals surface area (Å²) < 4.78 is 5.79. The van der Waals surface area contributed by atoms with Crippen molar-refractivity contribution in [2.45, 2.75) is 24.1 Å². The Bertz CT molecular complexity index is 1030. The molecule has 1 amide bonds. The van der Waals surface area contributed by atoms with Crippen LogP contribution in [0.4, 0.5) is 11.4 Å². The summed E-state index contributed by atoms with van der Waals surface area (Å²) in [6.07, 6.45) is 2.02. The van der Waals surface area contributed by atoms with Crippen LogP contribution in [0.5, 0.6) is 0 Å². The van der Waals surface area contributed by atoms with E-state index in [1.807, 2.05) is 37.4 Å². The van der Waals surface area contributed by atoms with E-state index in [1.54, 1.807) is 23.5 Å². The Labute approximate surface area is 191 Å². The second-order valence-electron chi connectivity index (χ2n) is 7.45. The number of aryl methyl sites for hydroxylation is 1. The number of para-hydroxylation sites is 2. The minimum Gasteiger partial charge on any atom is -0.431 e. The number of amides is 1. The minimum atomic E-state index is -0.0714. The summed E-state index contributed by atoms with van der Waals surface area (Å²) in [6, 6.07) is 9.94. The van der Waals surface area contributed by atoms with E-state index in [0.29, 0.717) is 0 Å². The van der Waals surface area contributed by atoms with Gasteiger partial charge in [-0.1, -0.05) is 23.9 Å². The molecule has 31 heavy (non-hydrogen) atoms. The molecule has 1 aromatic carbocycles. The van der Waals surface area contributed by atoms with Gasteiger partial charge in [0.25, 0.3) is 5.22 Å². The van der Waals surface area contributed by atoms with Crippen LogP contribution >= 0.6 is 23.5 Å². The van der Waals surface area contributed by atoms with Crippen LogP contribution in [-0.2, 0) is 4.79 Å². The first-order valence-electron chi connectivity index (χ1n) is 10.3. The van der Waals surface area contributed by atoms with Crippen LogP contribution < -0.4 is 10.2 Å². The van der Waals surface area contributed by atoms with Crippen LogP contribution in [0.15, 0.2) is 45.0 Å². The van der Waals surface area contributed by atoms with Gasteiger partial charge in [-0.25, -0.2) is 9.97 Å². The number of aromatic nitrogens is 2. The highest BCUT2D eigenvalue weighted by atomic mass is 32.2. The van der Waals surface area contributed by atoms with E-state index in [1.165, 1.54) is 6.92 Å². The second-order valence-corrected chi connectivity index (χ2v) is 9.32. The molecular formula is C22H27N5O2S2. The number of fused-ring (bicyclic) bond motifs is 1. The van der Waals surface area contributed by atoms with Gasteiger partial charge in [0.1, 0.15) is 5.52 Å². The van der Waals surface area contributed by atoms with Gasteiger partial charge in [-0.05, 0) is 31.4 Å². The largest absolute Gasteiger partial charge is 0.431 e. The molecule has 0 saturated carbocycles. The van der Waals surface area contributed by atoms with Crippen molar-refractivity contribution in [2.24, 2.45) is 0 Å². The van der Waals surface area contributed by atoms with Crippen molar-refractivity contribution in [2.75, 3.05) is 54.9 Å². The maximum atomic E-state index is 11.7. The molecule has 1 saturated heterocycles.